The average molecular weight is 315 g/mol. The van der Waals surface area contributed by atoms with Crippen LogP contribution in [0.1, 0.15) is 42.7 Å². The summed E-state index contributed by atoms with van der Waals surface area (Å²) in [5, 5.41) is 3.92. The van der Waals surface area contributed by atoms with E-state index < -0.39 is 0 Å². The van der Waals surface area contributed by atoms with Gasteiger partial charge in [-0.05, 0) is 62.5 Å². The summed E-state index contributed by atoms with van der Waals surface area (Å²) in [5.41, 5.74) is 4.76. The molecular formula is C18H25N3O2. The van der Waals surface area contributed by atoms with Crippen molar-refractivity contribution < 1.29 is 9.53 Å². The fourth-order valence-corrected chi connectivity index (χ4v) is 3.33. The highest BCUT2D eigenvalue weighted by Crippen LogP contribution is 2.26. The number of hydrazone groups is 1. The van der Waals surface area contributed by atoms with Gasteiger partial charge in [-0.2, -0.15) is 5.10 Å². The van der Waals surface area contributed by atoms with E-state index in [9.17, 15) is 4.79 Å². The highest BCUT2D eigenvalue weighted by molar-refractivity contribution is 5.86. The first kappa shape index (κ1) is 16.0. The molecule has 1 unspecified atom stereocenters. The molecule has 0 spiro atoms. The molecule has 5 nitrogen and oxygen atoms in total. The Kier molecular flexibility index (Phi) is 5.28. The smallest absolute Gasteiger partial charge is 0.241 e. The van der Waals surface area contributed by atoms with Crippen molar-refractivity contribution >= 4 is 12.1 Å². The fraction of sp³-hybridized carbons (Fsp3) is 0.556. The molecule has 3 rings (SSSR count). The van der Waals surface area contributed by atoms with E-state index in [0.29, 0.717) is 6.42 Å². The summed E-state index contributed by atoms with van der Waals surface area (Å²) in [6.45, 7) is 6.43. The van der Waals surface area contributed by atoms with Crippen LogP contribution in [-0.4, -0.2) is 43.3 Å². The summed E-state index contributed by atoms with van der Waals surface area (Å²) in [5.74, 6) is 0.942. The van der Waals surface area contributed by atoms with Gasteiger partial charge in [0, 0.05) is 25.1 Å². The highest BCUT2D eigenvalue weighted by atomic mass is 16.5. The van der Waals surface area contributed by atoms with Crippen LogP contribution < -0.4 is 10.2 Å². The Morgan fingerprint density at radius 2 is 2.17 bits per heavy atom. The van der Waals surface area contributed by atoms with E-state index in [2.05, 4.69) is 34.5 Å². The minimum atomic E-state index is -0.0286. The summed E-state index contributed by atoms with van der Waals surface area (Å²) in [6, 6.07) is 6.12. The van der Waals surface area contributed by atoms with Gasteiger partial charge >= 0.3 is 0 Å². The van der Waals surface area contributed by atoms with Crippen LogP contribution in [0.5, 0.6) is 5.75 Å². The van der Waals surface area contributed by atoms with Crippen molar-refractivity contribution in [3.05, 3.63) is 29.3 Å². The lowest BCUT2D eigenvalue weighted by atomic mass is 9.92. The summed E-state index contributed by atoms with van der Waals surface area (Å²) >= 11 is 0. The van der Waals surface area contributed by atoms with Gasteiger partial charge in [-0.15, -0.1) is 0 Å². The predicted molar refractivity (Wildman–Crippen MR) is 91.0 cm³/mol. The molecule has 1 N–H and O–H groups in total. The van der Waals surface area contributed by atoms with Gasteiger partial charge in [0.2, 0.25) is 5.91 Å². The van der Waals surface area contributed by atoms with Gasteiger partial charge in [0.25, 0.3) is 0 Å². The van der Waals surface area contributed by atoms with Gasteiger partial charge in [0.15, 0.2) is 0 Å². The molecule has 0 aromatic heterocycles. The molecule has 0 radical (unpaired) electrons. The normalized spacial score (nSPS) is 21.4. The van der Waals surface area contributed by atoms with Crippen LogP contribution in [0, 0.1) is 6.92 Å². The van der Waals surface area contributed by atoms with Crippen LogP contribution in [0.3, 0.4) is 0 Å². The molecule has 23 heavy (non-hydrogen) atoms. The van der Waals surface area contributed by atoms with Crippen molar-refractivity contribution in [1.82, 2.24) is 10.3 Å². The lowest BCUT2D eigenvalue weighted by Gasteiger charge is -2.19. The van der Waals surface area contributed by atoms with Crippen LogP contribution in [0.4, 0.5) is 0 Å². The van der Waals surface area contributed by atoms with Crippen LogP contribution in [0.25, 0.3) is 0 Å². The number of carbonyl (C=O) groups is 1. The second-order valence-electron chi connectivity index (χ2n) is 6.39. The first-order valence-electron chi connectivity index (χ1n) is 8.50. The van der Waals surface area contributed by atoms with E-state index in [-0.39, 0.29) is 11.8 Å². The number of amides is 1. The lowest BCUT2D eigenvalue weighted by Crippen LogP contribution is -2.26. The summed E-state index contributed by atoms with van der Waals surface area (Å²) in [7, 11) is 0. The minimum Gasteiger partial charge on any atom is -0.494 e. The van der Waals surface area contributed by atoms with Crippen molar-refractivity contribution in [2.45, 2.75) is 38.5 Å². The minimum absolute atomic E-state index is 0.0286. The first-order valence-corrected chi connectivity index (χ1v) is 8.50. The zero-order valence-corrected chi connectivity index (χ0v) is 13.8. The molecule has 5 heteroatoms. The van der Waals surface area contributed by atoms with E-state index in [1.165, 1.54) is 25.9 Å². The van der Waals surface area contributed by atoms with Crippen LogP contribution in [0.2, 0.25) is 0 Å². The van der Waals surface area contributed by atoms with Crippen LogP contribution in [-0.2, 0) is 4.79 Å². The molecule has 0 saturated carbocycles. The Morgan fingerprint density at radius 1 is 1.35 bits per heavy atom. The topological polar surface area (TPSA) is 53.9 Å². The summed E-state index contributed by atoms with van der Waals surface area (Å²) in [4.78, 5) is 14.0. The second kappa shape index (κ2) is 7.59. The maximum absolute atomic E-state index is 11.5. The summed E-state index contributed by atoms with van der Waals surface area (Å²) in [6.07, 6.45) is 6.00. The zero-order chi connectivity index (χ0) is 16.1. The number of carbonyl (C=O) groups excluding carboxylic acids is 1. The van der Waals surface area contributed by atoms with Gasteiger partial charge in [0.1, 0.15) is 5.75 Å². The van der Waals surface area contributed by atoms with E-state index in [0.717, 1.165) is 36.4 Å². The van der Waals surface area contributed by atoms with E-state index in [1.54, 1.807) is 6.21 Å². The molecule has 124 valence electrons. The third kappa shape index (κ3) is 4.32. The largest absolute Gasteiger partial charge is 0.494 e. The van der Waals surface area contributed by atoms with Crippen molar-refractivity contribution in [2.75, 3.05) is 26.2 Å². The number of rotatable bonds is 6. The molecule has 1 atom stereocenters. The Balaban J connectivity index is 1.51. The number of aryl methyl sites for hydroxylation is 1. The number of hydrogen-bond acceptors (Lipinski definition) is 4. The number of hydrogen-bond donors (Lipinski definition) is 1. The number of ether oxygens (including phenoxy) is 1. The Hall–Kier alpha value is -1.88. The molecule has 2 aliphatic heterocycles. The molecule has 1 aromatic rings. The molecule has 0 bridgehead atoms. The van der Waals surface area contributed by atoms with Gasteiger partial charge < -0.3 is 9.64 Å². The molecule has 2 heterocycles. The van der Waals surface area contributed by atoms with E-state index >= 15 is 0 Å². The molecular weight excluding hydrogens is 290 g/mol. The monoisotopic (exact) mass is 315 g/mol. The number of benzene rings is 1. The zero-order valence-electron chi connectivity index (χ0n) is 13.8. The first-order chi connectivity index (χ1) is 11.2. The van der Waals surface area contributed by atoms with E-state index in [4.69, 9.17) is 4.74 Å². The van der Waals surface area contributed by atoms with Crippen molar-refractivity contribution in [2.24, 2.45) is 5.10 Å². The maximum Gasteiger partial charge on any atom is 0.241 e. The second-order valence-corrected chi connectivity index (χ2v) is 6.39. The third-order valence-electron chi connectivity index (χ3n) is 4.58. The molecule has 1 aromatic carbocycles. The Morgan fingerprint density at radius 3 is 2.91 bits per heavy atom. The van der Waals surface area contributed by atoms with E-state index in [1.807, 2.05) is 6.07 Å². The fourth-order valence-electron chi connectivity index (χ4n) is 3.33. The highest BCUT2D eigenvalue weighted by Gasteiger charge is 2.19. The maximum atomic E-state index is 11.5. The van der Waals surface area contributed by atoms with Crippen molar-refractivity contribution in [3.8, 4) is 5.75 Å². The number of nitrogens with zero attached hydrogens (tertiary/aromatic N) is 2. The van der Waals surface area contributed by atoms with Crippen molar-refractivity contribution in [3.63, 3.8) is 0 Å². The van der Waals surface area contributed by atoms with Gasteiger partial charge in [-0.3, -0.25) is 4.79 Å². The van der Waals surface area contributed by atoms with Crippen LogP contribution in [0.15, 0.2) is 23.3 Å². The third-order valence-corrected chi connectivity index (χ3v) is 4.58. The molecule has 0 aliphatic carbocycles. The Labute approximate surface area is 137 Å². The van der Waals surface area contributed by atoms with Crippen molar-refractivity contribution in [1.29, 1.82) is 0 Å². The van der Waals surface area contributed by atoms with Gasteiger partial charge in [-0.1, -0.05) is 6.07 Å². The quantitative estimate of drug-likeness (QED) is 0.820. The lowest BCUT2D eigenvalue weighted by molar-refractivity contribution is -0.121. The number of likely N-dealkylation sites (tertiary alicyclic amines) is 1. The van der Waals surface area contributed by atoms with Gasteiger partial charge in [-0.25, -0.2) is 5.43 Å². The molecule has 1 saturated heterocycles. The molecule has 1 fully saturated rings. The predicted octanol–water partition coefficient (Wildman–Crippen LogP) is 2.45. The molecule has 1 amide bonds. The average Bonchev–Trinajstić information content (AvgIpc) is 3.05. The standard InChI is InChI=1S/C18H25N3O2/c1-14-11-16(23-10-4-9-21-7-2-3-8-21)5-6-17(14)15-12-18(22)20-19-13-15/h5-6,11,13,15H,2-4,7-10,12H2,1H3,(H,20,22). The number of nitrogens with one attached hydrogen (secondary N) is 1. The van der Waals surface area contributed by atoms with Gasteiger partial charge in [0.05, 0.1) is 6.61 Å². The SMILES string of the molecule is Cc1cc(OCCCN2CCCC2)ccc1C1C=NNC(=O)C1. The summed E-state index contributed by atoms with van der Waals surface area (Å²) < 4.78 is 5.87. The van der Waals surface area contributed by atoms with Crippen LogP contribution >= 0.6 is 0 Å². The Bertz CT molecular complexity index is 580. The molecule has 2 aliphatic rings.